The van der Waals surface area contributed by atoms with Gasteiger partial charge in [0.05, 0.1) is 6.10 Å². The molecule has 1 atom stereocenters. The maximum absolute atomic E-state index is 12.6. The highest BCUT2D eigenvalue weighted by molar-refractivity contribution is 9.10. The molecular formula is C16H24BrClN2O2. The first-order valence-corrected chi connectivity index (χ1v) is 8.20. The van der Waals surface area contributed by atoms with Gasteiger partial charge in [-0.1, -0.05) is 15.9 Å². The van der Waals surface area contributed by atoms with E-state index in [1.807, 2.05) is 44.0 Å². The smallest absolute Gasteiger partial charge is 0.254 e. The van der Waals surface area contributed by atoms with Gasteiger partial charge in [0.15, 0.2) is 0 Å². The molecule has 0 bridgehead atoms. The first-order valence-electron chi connectivity index (χ1n) is 7.40. The van der Waals surface area contributed by atoms with Crippen LogP contribution in [0.25, 0.3) is 0 Å². The minimum absolute atomic E-state index is 0. The summed E-state index contributed by atoms with van der Waals surface area (Å²) in [5.74, 6) is 1.37. The molecule has 0 radical (unpaired) electrons. The first-order chi connectivity index (χ1) is 9.99. The number of hydrogen-bond acceptors (Lipinski definition) is 3. The molecule has 1 aromatic rings. The van der Waals surface area contributed by atoms with Gasteiger partial charge in [-0.2, -0.15) is 0 Å². The predicted octanol–water partition coefficient (Wildman–Crippen LogP) is 3.34. The largest absolute Gasteiger partial charge is 0.491 e. The van der Waals surface area contributed by atoms with Gasteiger partial charge in [0.1, 0.15) is 5.75 Å². The molecule has 1 fully saturated rings. The monoisotopic (exact) mass is 390 g/mol. The molecule has 1 N–H and O–H groups in total. The van der Waals surface area contributed by atoms with Crippen LogP contribution < -0.4 is 10.1 Å². The van der Waals surface area contributed by atoms with Gasteiger partial charge in [0.25, 0.3) is 5.91 Å². The molecule has 6 heteroatoms. The Kier molecular flexibility index (Phi) is 7.66. The Morgan fingerprint density at radius 1 is 1.45 bits per heavy atom. The van der Waals surface area contributed by atoms with Crippen LogP contribution in [0.2, 0.25) is 0 Å². The fraction of sp³-hybridized carbons (Fsp3) is 0.562. The van der Waals surface area contributed by atoms with Gasteiger partial charge >= 0.3 is 0 Å². The molecule has 4 nitrogen and oxygen atoms in total. The van der Waals surface area contributed by atoms with Gasteiger partial charge in [-0.05, 0) is 58.0 Å². The third-order valence-electron chi connectivity index (χ3n) is 3.56. The van der Waals surface area contributed by atoms with Crippen molar-refractivity contribution in [2.24, 2.45) is 5.92 Å². The van der Waals surface area contributed by atoms with E-state index in [2.05, 4.69) is 21.2 Å². The standard InChI is InChI=1S/C16H23BrN2O2.ClH/c1-11(2)21-15-7-13(6-14(17)8-15)16(20)19-5-4-12(10-19)9-18-3;/h6-8,11-12,18H,4-5,9-10H2,1-3H3;1H. The summed E-state index contributed by atoms with van der Waals surface area (Å²) in [5.41, 5.74) is 0.685. The Hall–Kier alpha value is -0.780. The van der Waals surface area contributed by atoms with Crippen LogP contribution in [-0.4, -0.2) is 43.6 Å². The lowest BCUT2D eigenvalue weighted by molar-refractivity contribution is 0.0786. The fourth-order valence-electron chi connectivity index (χ4n) is 2.68. The van der Waals surface area contributed by atoms with Gasteiger partial charge < -0.3 is 15.0 Å². The number of carbonyl (C=O) groups is 1. The minimum atomic E-state index is 0. The van der Waals surface area contributed by atoms with Crippen molar-refractivity contribution < 1.29 is 9.53 Å². The lowest BCUT2D eigenvalue weighted by atomic mass is 10.1. The molecule has 1 unspecified atom stereocenters. The summed E-state index contributed by atoms with van der Waals surface area (Å²) in [4.78, 5) is 14.5. The first kappa shape index (κ1) is 19.3. The fourth-order valence-corrected chi connectivity index (χ4v) is 3.15. The van der Waals surface area contributed by atoms with E-state index in [0.717, 1.165) is 36.3 Å². The summed E-state index contributed by atoms with van der Waals surface area (Å²) in [5, 5.41) is 3.18. The number of rotatable bonds is 5. The molecular weight excluding hydrogens is 368 g/mol. The summed E-state index contributed by atoms with van der Waals surface area (Å²) >= 11 is 3.46. The van der Waals surface area contributed by atoms with Crippen LogP contribution in [0.5, 0.6) is 5.75 Å². The summed E-state index contributed by atoms with van der Waals surface area (Å²) in [6.07, 6.45) is 1.16. The van der Waals surface area contributed by atoms with Crippen LogP contribution in [0, 0.1) is 5.92 Å². The Morgan fingerprint density at radius 2 is 2.18 bits per heavy atom. The van der Waals surface area contributed by atoms with Crippen molar-refractivity contribution in [3.05, 3.63) is 28.2 Å². The minimum Gasteiger partial charge on any atom is -0.491 e. The van der Waals surface area contributed by atoms with E-state index in [1.165, 1.54) is 0 Å². The van der Waals surface area contributed by atoms with E-state index >= 15 is 0 Å². The van der Waals surface area contributed by atoms with E-state index in [4.69, 9.17) is 4.74 Å². The normalized spacial score (nSPS) is 17.5. The summed E-state index contributed by atoms with van der Waals surface area (Å²) in [6.45, 7) is 6.57. The van der Waals surface area contributed by atoms with Crippen LogP contribution in [0.1, 0.15) is 30.6 Å². The highest BCUT2D eigenvalue weighted by Crippen LogP contribution is 2.25. The van der Waals surface area contributed by atoms with Crippen molar-refractivity contribution >= 4 is 34.2 Å². The van der Waals surface area contributed by atoms with Crippen LogP contribution in [0.15, 0.2) is 22.7 Å². The Labute approximate surface area is 147 Å². The SMILES string of the molecule is CNCC1CCN(C(=O)c2cc(Br)cc(OC(C)C)c2)C1.Cl. The summed E-state index contributed by atoms with van der Waals surface area (Å²) in [6, 6.07) is 5.59. The second-order valence-corrected chi connectivity index (χ2v) is 6.72. The van der Waals surface area contributed by atoms with Crippen LogP contribution in [0.4, 0.5) is 0 Å². The Morgan fingerprint density at radius 3 is 2.82 bits per heavy atom. The molecule has 1 aliphatic heterocycles. The molecule has 0 aliphatic carbocycles. The second-order valence-electron chi connectivity index (χ2n) is 5.81. The number of likely N-dealkylation sites (tertiary alicyclic amines) is 1. The average Bonchev–Trinajstić information content (AvgIpc) is 2.85. The third-order valence-corrected chi connectivity index (χ3v) is 4.01. The Balaban J connectivity index is 0.00000242. The molecule has 1 heterocycles. The number of nitrogens with one attached hydrogen (secondary N) is 1. The number of benzene rings is 1. The zero-order valence-electron chi connectivity index (χ0n) is 13.3. The predicted molar refractivity (Wildman–Crippen MR) is 95.1 cm³/mol. The van der Waals surface area contributed by atoms with E-state index < -0.39 is 0 Å². The van der Waals surface area contributed by atoms with Gasteiger partial charge in [-0.3, -0.25) is 4.79 Å². The molecule has 1 aromatic carbocycles. The number of halogens is 2. The van der Waals surface area contributed by atoms with Crippen molar-refractivity contribution in [2.45, 2.75) is 26.4 Å². The maximum Gasteiger partial charge on any atom is 0.254 e. The zero-order valence-corrected chi connectivity index (χ0v) is 15.7. The number of carbonyl (C=O) groups excluding carboxylic acids is 1. The highest BCUT2D eigenvalue weighted by Gasteiger charge is 2.26. The molecule has 0 aromatic heterocycles. The van der Waals surface area contributed by atoms with Crippen LogP contribution in [-0.2, 0) is 0 Å². The van der Waals surface area contributed by atoms with E-state index in [-0.39, 0.29) is 24.4 Å². The van der Waals surface area contributed by atoms with Gasteiger partial charge in [-0.15, -0.1) is 12.4 Å². The van der Waals surface area contributed by atoms with E-state index in [1.54, 1.807) is 0 Å². The molecule has 0 spiro atoms. The molecule has 124 valence electrons. The highest BCUT2D eigenvalue weighted by atomic mass is 79.9. The molecule has 2 rings (SSSR count). The van der Waals surface area contributed by atoms with Crippen molar-refractivity contribution in [3.8, 4) is 5.75 Å². The van der Waals surface area contributed by atoms with Gasteiger partial charge in [0, 0.05) is 23.1 Å². The molecule has 1 aliphatic rings. The van der Waals surface area contributed by atoms with Crippen molar-refractivity contribution in [1.29, 1.82) is 0 Å². The lowest BCUT2D eigenvalue weighted by Crippen LogP contribution is -2.30. The maximum atomic E-state index is 12.6. The number of amides is 1. The molecule has 22 heavy (non-hydrogen) atoms. The van der Waals surface area contributed by atoms with Crippen molar-refractivity contribution in [1.82, 2.24) is 10.2 Å². The summed E-state index contributed by atoms with van der Waals surface area (Å²) in [7, 11) is 1.95. The number of nitrogens with zero attached hydrogens (tertiary/aromatic N) is 1. The van der Waals surface area contributed by atoms with Gasteiger partial charge in [-0.25, -0.2) is 0 Å². The lowest BCUT2D eigenvalue weighted by Gasteiger charge is -2.18. The average molecular weight is 392 g/mol. The molecule has 1 amide bonds. The third kappa shape index (κ3) is 5.14. The Bertz CT molecular complexity index is 511. The molecule has 1 saturated heterocycles. The quantitative estimate of drug-likeness (QED) is 0.837. The van der Waals surface area contributed by atoms with Gasteiger partial charge in [0.2, 0.25) is 0 Å². The number of hydrogen-bond donors (Lipinski definition) is 1. The number of ether oxygens (including phenoxy) is 1. The van der Waals surface area contributed by atoms with Crippen LogP contribution >= 0.6 is 28.3 Å². The van der Waals surface area contributed by atoms with Crippen molar-refractivity contribution in [3.63, 3.8) is 0 Å². The molecule has 0 saturated carbocycles. The van der Waals surface area contributed by atoms with Crippen molar-refractivity contribution in [2.75, 3.05) is 26.7 Å². The summed E-state index contributed by atoms with van der Waals surface area (Å²) < 4.78 is 6.57. The second kappa shape index (κ2) is 8.75. The topological polar surface area (TPSA) is 41.6 Å². The van der Waals surface area contributed by atoms with E-state index in [0.29, 0.717) is 11.5 Å². The van der Waals surface area contributed by atoms with Crippen LogP contribution in [0.3, 0.4) is 0 Å². The van der Waals surface area contributed by atoms with E-state index in [9.17, 15) is 4.79 Å². The zero-order chi connectivity index (χ0) is 15.4.